The molecule has 2 aromatic heterocycles. The first-order chi connectivity index (χ1) is 14.9. The normalized spacial score (nSPS) is 10.5. The fourth-order valence-electron chi connectivity index (χ4n) is 2.86. The van der Waals surface area contributed by atoms with E-state index in [1.165, 1.54) is 23.1 Å². The lowest BCUT2D eigenvalue weighted by atomic mass is 10.2. The standard InChI is InChI=1S/C22H23N3O5S/c1-4-29-21(28)19-15(2)23-22(31-19)25(13-16-9-6-5-7-10-16)18(26)14-24(3)20(27)17-11-8-12-30-17/h5-12H,4,13-14H2,1-3H3. The third-order valence-electron chi connectivity index (χ3n) is 4.41. The van der Waals surface area contributed by atoms with Gasteiger partial charge in [-0.15, -0.1) is 0 Å². The molecule has 31 heavy (non-hydrogen) atoms. The molecule has 0 saturated carbocycles. The third kappa shape index (κ3) is 5.37. The van der Waals surface area contributed by atoms with Crippen LogP contribution in [-0.4, -0.2) is 47.9 Å². The fourth-order valence-corrected chi connectivity index (χ4v) is 3.84. The largest absolute Gasteiger partial charge is 0.462 e. The Balaban J connectivity index is 1.86. The number of ether oxygens (including phenoxy) is 1. The molecule has 2 heterocycles. The highest BCUT2D eigenvalue weighted by molar-refractivity contribution is 7.17. The maximum atomic E-state index is 13.2. The van der Waals surface area contributed by atoms with E-state index in [1.54, 1.807) is 26.0 Å². The Bertz CT molecular complexity index is 1050. The molecule has 0 aliphatic carbocycles. The van der Waals surface area contributed by atoms with Gasteiger partial charge < -0.3 is 14.1 Å². The number of anilines is 1. The van der Waals surface area contributed by atoms with Gasteiger partial charge in [0.25, 0.3) is 5.91 Å². The summed E-state index contributed by atoms with van der Waals surface area (Å²) in [5.74, 6) is -1.06. The summed E-state index contributed by atoms with van der Waals surface area (Å²) in [4.78, 5) is 45.4. The molecule has 9 heteroatoms. The van der Waals surface area contributed by atoms with Gasteiger partial charge in [0.2, 0.25) is 5.91 Å². The summed E-state index contributed by atoms with van der Waals surface area (Å²) in [6.07, 6.45) is 1.40. The Labute approximate surface area is 184 Å². The maximum absolute atomic E-state index is 13.2. The van der Waals surface area contributed by atoms with Crippen LogP contribution in [0.25, 0.3) is 0 Å². The van der Waals surface area contributed by atoms with Crippen molar-refractivity contribution in [1.29, 1.82) is 0 Å². The van der Waals surface area contributed by atoms with E-state index < -0.39 is 11.9 Å². The fraction of sp³-hybridized carbons (Fsp3) is 0.273. The van der Waals surface area contributed by atoms with Crippen molar-refractivity contribution in [1.82, 2.24) is 9.88 Å². The minimum absolute atomic E-state index is 0.152. The molecule has 162 valence electrons. The van der Waals surface area contributed by atoms with Crippen molar-refractivity contribution in [2.75, 3.05) is 25.1 Å². The molecular formula is C22H23N3O5S. The minimum Gasteiger partial charge on any atom is -0.462 e. The van der Waals surface area contributed by atoms with Crippen LogP contribution in [0.2, 0.25) is 0 Å². The van der Waals surface area contributed by atoms with Gasteiger partial charge in [0.15, 0.2) is 10.9 Å². The molecule has 0 aliphatic rings. The van der Waals surface area contributed by atoms with Crippen LogP contribution in [0.1, 0.15) is 38.4 Å². The average molecular weight is 442 g/mol. The number of carbonyl (C=O) groups is 3. The third-order valence-corrected chi connectivity index (χ3v) is 5.57. The van der Waals surface area contributed by atoms with Gasteiger partial charge in [-0.25, -0.2) is 9.78 Å². The number of likely N-dealkylation sites (N-methyl/N-ethyl adjacent to an activating group) is 1. The highest BCUT2D eigenvalue weighted by Crippen LogP contribution is 2.28. The number of carbonyl (C=O) groups excluding carboxylic acids is 3. The zero-order valence-electron chi connectivity index (χ0n) is 17.5. The summed E-state index contributed by atoms with van der Waals surface area (Å²) in [6.45, 7) is 3.74. The molecule has 0 bridgehead atoms. The van der Waals surface area contributed by atoms with E-state index in [1.807, 2.05) is 30.3 Å². The molecule has 0 atom stereocenters. The van der Waals surface area contributed by atoms with Crippen LogP contribution in [0.15, 0.2) is 53.1 Å². The second-order valence-corrected chi connectivity index (χ2v) is 7.71. The van der Waals surface area contributed by atoms with Crippen molar-refractivity contribution < 1.29 is 23.5 Å². The van der Waals surface area contributed by atoms with E-state index in [4.69, 9.17) is 9.15 Å². The molecular weight excluding hydrogens is 418 g/mol. The van der Waals surface area contributed by atoms with Gasteiger partial charge in [0.1, 0.15) is 11.4 Å². The van der Waals surface area contributed by atoms with E-state index in [0.717, 1.165) is 16.9 Å². The molecule has 0 aliphatic heterocycles. The van der Waals surface area contributed by atoms with E-state index in [2.05, 4.69) is 4.98 Å². The van der Waals surface area contributed by atoms with Gasteiger partial charge in [0.05, 0.1) is 25.1 Å². The zero-order chi connectivity index (χ0) is 22.4. The summed E-state index contributed by atoms with van der Waals surface area (Å²) < 4.78 is 10.2. The Morgan fingerprint density at radius 2 is 1.87 bits per heavy atom. The molecule has 0 fully saturated rings. The second-order valence-electron chi connectivity index (χ2n) is 6.74. The van der Waals surface area contributed by atoms with E-state index in [9.17, 15) is 14.4 Å². The number of amides is 2. The van der Waals surface area contributed by atoms with Crippen LogP contribution in [0.3, 0.4) is 0 Å². The monoisotopic (exact) mass is 441 g/mol. The Kier molecular flexibility index (Phi) is 7.19. The van der Waals surface area contributed by atoms with Gasteiger partial charge in [-0.2, -0.15) is 0 Å². The van der Waals surface area contributed by atoms with Crippen LogP contribution >= 0.6 is 11.3 Å². The van der Waals surface area contributed by atoms with Crippen LogP contribution in [-0.2, 0) is 16.1 Å². The lowest BCUT2D eigenvalue weighted by Gasteiger charge is -2.23. The van der Waals surface area contributed by atoms with Crippen molar-refractivity contribution in [3.05, 3.63) is 70.6 Å². The van der Waals surface area contributed by atoms with Crippen LogP contribution in [0, 0.1) is 6.92 Å². The van der Waals surface area contributed by atoms with Gasteiger partial charge in [-0.05, 0) is 31.5 Å². The van der Waals surface area contributed by atoms with Gasteiger partial charge in [0, 0.05) is 7.05 Å². The number of nitrogens with zero attached hydrogens (tertiary/aromatic N) is 3. The van der Waals surface area contributed by atoms with Gasteiger partial charge in [-0.1, -0.05) is 41.7 Å². The first-order valence-electron chi connectivity index (χ1n) is 9.68. The summed E-state index contributed by atoms with van der Waals surface area (Å²) in [5, 5.41) is 0.369. The lowest BCUT2D eigenvalue weighted by molar-refractivity contribution is -0.119. The number of thiazole rings is 1. The predicted octanol–water partition coefficient (Wildman–Crippen LogP) is 3.53. The van der Waals surface area contributed by atoms with Crippen molar-refractivity contribution in [2.24, 2.45) is 0 Å². The van der Waals surface area contributed by atoms with Crippen molar-refractivity contribution >= 4 is 34.3 Å². The molecule has 0 N–H and O–H groups in total. The summed E-state index contributed by atoms with van der Waals surface area (Å²) in [7, 11) is 1.53. The number of aromatic nitrogens is 1. The number of hydrogen-bond donors (Lipinski definition) is 0. The highest BCUT2D eigenvalue weighted by Gasteiger charge is 2.26. The highest BCUT2D eigenvalue weighted by atomic mass is 32.1. The first kappa shape index (κ1) is 22.2. The number of esters is 1. The predicted molar refractivity (Wildman–Crippen MR) is 116 cm³/mol. The van der Waals surface area contributed by atoms with Crippen LogP contribution in [0.4, 0.5) is 5.13 Å². The van der Waals surface area contributed by atoms with Gasteiger partial charge >= 0.3 is 5.97 Å². The summed E-state index contributed by atoms with van der Waals surface area (Å²) in [6, 6.07) is 12.6. The zero-order valence-corrected chi connectivity index (χ0v) is 18.3. The number of furan rings is 1. The molecule has 1 aromatic carbocycles. The molecule has 0 radical (unpaired) electrons. The minimum atomic E-state index is -0.471. The average Bonchev–Trinajstić information content (AvgIpc) is 3.42. The van der Waals surface area contributed by atoms with Crippen molar-refractivity contribution in [3.63, 3.8) is 0 Å². The van der Waals surface area contributed by atoms with Crippen LogP contribution < -0.4 is 4.90 Å². The van der Waals surface area contributed by atoms with Gasteiger partial charge in [-0.3, -0.25) is 14.5 Å². The Morgan fingerprint density at radius 3 is 2.52 bits per heavy atom. The Morgan fingerprint density at radius 1 is 1.13 bits per heavy atom. The maximum Gasteiger partial charge on any atom is 0.350 e. The van der Waals surface area contributed by atoms with Crippen molar-refractivity contribution in [3.8, 4) is 0 Å². The molecule has 2 amide bonds. The lowest BCUT2D eigenvalue weighted by Crippen LogP contribution is -2.41. The summed E-state index contributed by atoms with van der Waals surface area (Å²) >= 11 is 1.09. The molecule has 8 nitrogen and oxygen atoms in total. The SMILES string of the molecule is CCOC(=O)c1sc(N(Cc2ccccc2)C(=O)CN(C)C(=O)c2ccco2)nc1C. The number of aryl methyl sites for hydroxylation is 1. The number of rotatable bonds is 8. The molecule has 0 saturated heterocycles. The smallest absolute Gasteiger partial charge is 0.350 e. The topological polar surface area (TPSA) is 93.0 Å². The molecule has 3 aromatic rings. The van der Waals surface area contributed by atoms with E-state index in [0.29, 0.717) is 15.7 Å². The molecule has 0 spiro atoms. The van der Waals surface area contributed by atoms with E-state index >= 15 is 0 Å². The number of hydrogen-bond acceptors (Lipinski definition) is 7. The second kappa shape index (κ2) is 10.0. The number of benzene rings is 1. The first-order valence-corrected chi connectivity index (χ1v) is 10.5. The van der Waals surface area contributed by atoms with Crippen LogP contribution in [0.5, 0.6) is 0 Å². The van der Waals surface area contributed by atoms with Crippen molar-refractivity contribution in [2.45, 2.75) is 20.4 Å². The quantitative estimate of drug-likeness (QED) is 0.497. The molecule has 0 unspecified atom stereocenters. The Hall–Kier alpha value is -3.46. The molecule has 3 rings (SSSR count). The summed E-state index contributed by atoms with van der Waals surface area (Å²) in [5.41, 5.74) is 1.38. The van der Waals surface area contributed by atoms with E-state index in [-0.39, 0.29) is 31.4 Å².